The molecule has 0 aliphatic rings. The minimum Gasteiger partial charge on any atom is -0.449 e. The summed E-state index contributed by atoms with van der Waals surface area (Å²) in [6.07, 6.45) is -1.12. The van der Waals surface area contributed by atoms with Crippen LogP contribution in [0.25, 0.3) is 0 Å². The van der Waals surface area contributed by atoms with E-state index in [0.717, 1.165) is 12.8 Å². The van der Waals surface area contributed by atoms with Gasteiger partial charge in [0.1, 0.15) is 5.60 Å². The van der Waals surface area contributed by atoms with E-state index in [-0.39, 0.29) is 5.92 Å². The van der Waals surface area contributed by atoms with Crippen molar-refractivity contribution in [2.75, 3.05) is 0 Å². The number of carboxylic acid groups (broad SMARTS) is 1. The van der Waals surface area contributed by atoms with Crippen molar-refractivity contribution < 1.29 is 24.2 Å². The van der Waals surface area contributed by atoms with Gasteiger partial charge in [0.15, 0.2) is 0 Å². The Morgan fingerprint density at radius 3 is 2.07 bits per heavy atom. The highest BCUT2D eigenvalue weighted by molar-refractivity contribution is 5.75. The van der Waals surface area contributed by atoms with Crippen LogP contribution in [0.3, 0.4) is 0 Å². The summed E-state index contributed by atoms with van der Waals surface area (Å²) < 4.78 is 8.83. The summed E-state index contributed by atoms with van der Waals surface area (Å²) in [5.74, 6) is 0.179. The van der Waals surface area contributed by atoms with Gasteiger partial charge in [0.25, 0.3) is 0 Å². The van der Waals surface area contributed by atoms with Crippen molar-refractivity contribution in [3.63, 3.8) is 0 Å². The van der Waals surface area contributed by atoms with Gasteiger partial charge in [0.2, 0.25) is 0 Å². The minimum absolute atomic E-state index is 0.179. The van der Waals surface area contributed by atoms with Crippen molar-refractivity contribution in [1.29, 1.82) is 0 Å². The van der Waals surface area contributed by atoms with Gasteiger partial charge in [-0.3, -0.25) is 0 Å². The molecule has 5 heteroatoms. The molecule has 0 aliphatic heterocycles. The van der Waals surface area contributed by atoms with E-state index in [2.05, 4.69) is 4.74 Å². The number of rotatable bonds is 4. The van der Waals surface area contributed by atoms with Crippen molar-refractivity contribution in [1.82, 2.24) is 0 Å². The predicted molar refractivity (Wildman–Crippen MR) is 53.7 cm³/mol. The van der Waals surface area contributed by atoms with Gasteiger partial charge in [-0.1, -0.05) is 13.8 Å². The van der Waals surface area contributed by atoms with Crippen LogP contribution in [0, 0.1) is 5.92 Å². The molecule has 0 fully saturated rings. The molecular weight excluding hydrogens is 200 g/mol. The monoisotopic (exact) mass is 218 g/mol. The molecule has 88 valence electrons. The number of carbonyl (C=O) groups excluding carboxylic acids is 1. The molecule has 0 aromatic carbocycles. The van der Waals surface area contributed by atoms with Crippen LogP contribution in [0.5, 0.6) is 0 Å². The summed E-state index contributed by atoms with van der Waals surface area (Å²) in [6.45, 7) is 7.46. The van der Waals surface area contributed by atoms with Crippen molar-refractivity contribution in [3.05, 3.63) is 0 Å². The lowest BCUT2D eigenvalue weighted by Crippen LogP contribution is -2.36. The molecule has 0 spiro atoms. The Morgan fingerprint density at radius 2 is 1.73 bits per heavy atom. The molecule has 0 atom stereocenters. The molecule has 15 heavy (non-hydrogen) atoms. The first-order valence-electron chi connectivity index (χ1n) is 4.97. The second-order valence-corrected chi connectivity index (χ2v) is 3.84. The lowest BCUT2D eigenvalue weighted by Gasteiger charge is -2.31. The summed E-state index contributed by atoms with van der Waals surface area (Å²) in [6, 6.07) is 0. The first kappa shape index (κ1) is 13.7. The Morgan fingerprint density at radius 1 is 1.27 bits per heavy atom. The third kappa shape index (κ3) is 4.67. The fourth-order valence-corrected chi connectivity index (χ4v) is 1.66. The van der Waals surface area contributed by atoms with E-state index in [1.807, 2.05) is 13.8 Å². The highest BCUT2D eigenvalue weighted by Crippen LogP contribution is 2.27. The Kier molecular flexibility index (Phi) is 5.11. The Labute approximate surface area is 89.4 Å². The Balaban J connectivity index is 4.35. The average molecular weight is 218 g/mol. The fraction of sp³-hybridized carbons (Fsp3) is 0.800. The van der Waals surface area contributed by atoms with E-state index in [9.17, 15) is 9.59 Å². The summed E-state index contributed by atoms with van der Waals surface area (Å²) in [5, 5.41) is 8.21. The number of hydrogen-bond acceptors (Lipinski definition) is 4. The molecule has 0 aromatic heterocycles. The van der Waals surface area contributed by atoms with Crippen LogP contribution >= 0.6 is 0 Å². The van der Waals surface area contributed by atoms with Gasteiger partial charge in [-0.25, -0.2) is 9.59 Å². The van der Waals surface area contributed by atoms with E-state index >= 15 is 0 Å². The maximum Gasteiger partial charge on any atom is 0.519 e. The summed E-state index contributed by atoms with van der Waals surface area (Å²) in [7, 11) is 0. The van der Waals surface area contributed by atoms with Gasteiger partial charge < -0.3 is 14.6 Å². The van der Waals surface area contributed by atoms with E-state index in [0.29, 0.717) is 0 Å². The van der Waals surface area contributed by atoms with Gasteiger partial charge in [-0.05, 0) is 32.6 Å². The Hall–Kier alpha value is -1.26. The third-order valence-electron chi connectivity index (χ3n) is 2.49. The molecule has 0 unspecified atom stereocenters. The van der Waals surface area contributed by atoms with Gasteiger partial charge in [-0.2, -0.15) is 0 Å². The second-order valence-electron chi connectivity index (χ2n) is 3.84. The molecule has 0 amide bonds. The van der Waals surface area contributed by atoms with Crippen molar-refractivity contribution in [2.45, 2.75) is 46.1 Å². The zero-order valence-corrected chi connectivity index (χ0v) is 9.57. The summed E-state index contributed by atoms with van der Waals surface area (Å²) in [4.78, 5) is 21.1. The topological polar surface area (TPSA) is 72.8 Å². The summed E-state index contributed by atoms with van der Waals surface area (Å²) in [5.41, 5.74) is -0.712. The molecule has 0 aromatic rings. The van der Waals surface area contributed by atoms with Crippen molar-refractivity contribution in [3.8, 4) is 0 Å². The summed E-state index contributed by atoms with van der Waals surface area (Å²) >= 11 is 0. The normalized spacial score (nSPS) is 11.3. The zero-order chi connectivity index (χ0) is 12.1. The molecule has 0 aliphatic carbocycles. The molecule has 0 radical (unpaired) electrons. The number of carbonyl (C=O) groups is 2. The van der Waals surface area contributed by atoms with Crippen LogP contribution in [-0.2, 0) is 9.47 Å². The van der Waals surface area contributed by atoms with Gasteiger partial charge in [0.05, 0.1) is 0 Å². The molecule has 0 rings (SSSR count). The predicted octanol–water partition coefficient (Wildman–Crippen LogP) is 3.03. The first-order valence-corrected chi connectivity index (χ1v) is 4.97. The van der Waals surface area contributed by atoms with Gasteiger partial charge >= 0.3 is 12.3 Å². The third-order valence-corrected chi connectivity index (χ3v) is 2.49. The van der Waals surface area contributed by atoms with Crippen molar-refractivity contribution >= 4 is 12.3 Å². The lowest BCUT2D eigenvalue weighted by atomic mass is 9.86. The lowest BCUT2D eigenvalue weighted by molar-refractivity contribution is -0.0421. The highest BCUT2D eigenvalue weighted by atomic mass is 16.8. The number of hydrogen-bond donors (Lipinski definition) is 1. The van der Waals surface area contributed by atoms with Crippen LogP contribution in [0.1, 0.15) is 40.5 Å². The van der Waals surface area contributed by atoms with Crippen LogP contribution in [0.4, 0.5) is 9.59 Å². The SMILES string of the molecule is CCC(CC)C(C)(C)OC(=O)OC(=O)O. The van der Waals surface area contributed by atoms with E-state index in [1.54, 1.807) is 13.8 Å². The maximum atomic E-state index is 11.0. The fourth-order valence-electron chi connectivity index (χ4n) is 1.66. The smallest absolute Gasteiger partial charge is 0.449 e. The zero-order valence-electron chi connectivity index (χ0n) is 9.57. The van der Waals surface area contributed by atoms with Crippen LogP contribution < -0.4 is 0 Å². The van der Waals surface area contributed by atoms with E-state index in [1.165, 1.54) is 0 Å². The second kappa shape index (κ2) is 5.58. The molecule has 0 saturated heterocycles. The van der Waals surface area contributed by atoms with E-state index < -0.39 is 17.9 Å². The maximum absolute atomic E-state index is 11.0. The standard InChI is InChI=1S/C10H18O5/c1-5-7(6-2)10(3,4)15-9(13)14-8(11)12/h7H,5-6H2,1-4H3,(H,11,12). The van der Waals surface area contributed by atoms with Crippen molar-refractivity contribution in [2.24, 2.45) is 5.92 Å². The molecule has 1 N–H and O–H groups in total. The Bertz CT molecular complexity index is 230. The van der Waals surface area contributed by atoms with Gasteiger partial charge in [-0.15, -0.1) is 0 Å². The number of ether oxygens (including phenoxy) is 2. The van der Waals surface area contributed by atoms with E-state index in [4.69, 9.17) is 9.84 Å². The van der Waals surface area contributed by atoms with Crippen LogP contribution in [0.2, 0.25) is 0 Å². The van der Waals surface area contributed by atoms with Crippen LogP contribution in [0.15, 0.2) is 0 Å². The molecular formula is C10H18O5. The minimum atomic E-state index is -1.65. The van der Waals surface area contributed by atoms with Crippen LogP contribution in [-0.4, -0.2) is 23.0 Å². The molecule has 0 bridgehead atoms. The molecule has 5 nitrogen and oxygen atoms in total. The largest absolute Gasteiger partial charge is 0.519 e. The first-order chi connectivity index (χ1) is 6.83. The molecule has 0 saturated carbocycles. The highest BCUT2D eigenvalue weighted by Gasteiger charge is 2.32. The van der Waals surface area contributed by atoms with Gasteiger partial charge in [0, 0.05) is 0 Å². The molecule has 0 heterocycles. The average Bonchev–Trinajstić information content (AvgIpc) is 2.02. The quantitative estimate of drug-likeness (QED) is 0.580.